The van der Waals surface area contributed by atoms with E-state index in [9.17, 15) is 8.78 Å². The van der Waals surface area contributed by atoms with Crippen LogP contribution in [-0.4, -0.2) is 43.0 Å². The van der Waals surface area contributed by atoms with Crippen molar-refractivity contribution in [2.24, 2.45) is 0 Å². The topological polar surface area (TPSA) is 15.3 Å². The predicted octanol–water partition coefficient (Wildman–Crippen LogP) is 0.935. The zero-order chi connectivity index (χ0) is 9.19. The number of rotatable bonds is 2. The Balaban J connectivity index is 2.36. The first-order chi connectivity index (χ1) is 5.49. The molecule has 0 saturated carbocycles. The van der Waals surface area contributed by atoms with E-state index in [0.717, 1.165) is 13.1 Å². The fourth-order valence-corrected chi connectivity index (χ4v) is 1.60. The lowest BCUT2D eigenvalue weighted by molar-refractivity contribution is 0.0601. The maximum atomic E-state index is 12.0. The van der Waals surface area contributed by atoms with E-state index in [2.05, 4.69) is 5.32 Å². The summed E-state index contributed by atoms with van der Waals surface area (Å²) in [5.74, 6) is 0. The Kier molecular flexibility index (Phi) is 3.01. The molecule has 1 aliphatic rings. The van der Waals surface area contributed by atoms with Gasteiger partial charge in [-0.15, -0.1) is 0 Å². The monoisotopic (exact) mass is 178 g/mol. The number of nitrogens with zero attached hydrogens (tertiary/aromatic N) is 1. The summed E-state index contributed by atoms with van der Waals surface area (Å²) in [6.07, 6.45) is -2.21. The fourth-order valence-electron chi connectivity index (χ4n) is 1.60. The molecule has 4 heteroatoms. The standard InChI is InChI=1S/C8H16F2N2/c1-8(2)6-12(4-3-11-8)5-7(9)10/h7,11H,3-6H2,1-2H3. The summed E-state index contributed by atoms with van der Waals surface area (Å²) in [5.41, 5.74) is -0.0207. The second-order valence-corrected chi connectivity index (χ2v) is 3.94. The van der Waals surface area contributed by atoms with Crippen molar-refractivity contribution >= 4 is 0 Å². The van der Waals surface area contributed by atoms with Crippen LogP contribution >= 0.6 is 0 Å². The lowest BCUT2D eigenvalue weighted by Gasteiger charge is -2.38. The highest BCUT2D eigenvalue weighted by molar-refractivity contribution is 4.86. The molecule has 72 valence electrons. The van der Waals surface area contributed by atoms with Crippen molar-refractivity contribution < 1.29 is 8.78 Å². The Morgan fingerprint density at radius 2 is 2.17 bits per heavy atom. The van der Waals surface area contributed by atoms with Gasteiger partial charge in [0.05, 0.1) is 6.54 Å². The van der Waals surface area contributed by atoms with Crippen molar-refractivity contribution in [3.05, 3.63) is 0 Å². The molecule has 0 amide bonds. The van der Waals surface area contributed by atoms with Gasteiger partial charge in [-0.05, 0) is 13.8 Å². The van der Waals surface area contributed by atoms with E-state index in [1.165, 1.54) is 0 Å². The van der Waals surface area contributed by atoms with Gasteiger partial charge in [0.25, 0.3) is 6.43 Å². The molecule has 0 aromatic rings. The first-order valence-electron chi connectivity index (χ1n) is 4.25. The van der Waals surface area contributed by atoms with Crippen LogP contribution in [0.4, 0.5) is 8.78 Å². The molecule has 0 aromatic carbocycles. The van der Waals surface area contributed by atoms with Gasteiger partial charge in [0, 0.05) is 25.2 Å². The van der Waals surface area contributed by atoms with Crippen LogP contribution in [0.5, 0.6) is 0 Å². The second kappa shape index (κ2) is 3.66. The van der Waals surface area contributed by atoms with E-state index in [0.29, 0.717) is 6.54 Å². The van der Waals surface area contributed by atoms with Crippen molar-refractivity contribution in [3.8, 4) is 0 Å². The molecule has 1 heterocycles. The number of nitrogens with one attached hydrogen (secondary N) is 1. The van der Waals surface area contributed by atoms with E-state index >= 15 is 0 Å². The molecule has 0 atom stereocenters. The van der Waals surface area contributed by atoms with E-state index < -0.39 is 6.43 Å². The van der Waals surface area contributed by atoms with Crippen molar-refractivity contribution in [2.45, 2.75) is 25.8 Å². The van der Waals surface area contributed by atoms with Crippen molar-refractivity contribution in [1.29, 1.82) is 0 Å². The highest BCUT2D eigenvalue weighted by Gasteiger charge is 2.26. The smallest absolute Gasteiger partial charge is 0.251 e. The molecule has 0 unspecified atom stereocenters. The van der Waals surface area contributed by atoms with Gasteiger partial charge in [0.15, 0.2) is 0 Å². The normalized spacial score (nSPS) is 24.8. The van der Waals surface area contributed by atoms with Gasteiger partial charge in [-0.2, -0.15) is 0 Å². The van der Waals surface area contributed by atoms with E-state index in [-0.39, 0.29) is 12.1 Å². The van der Waals surface area contributed by atoms with Crippen molar-refractivity contribution in [2.75, 3.05) is 26.2 Å². The molecule has 1 N–H and O–H groups in total. The number of hydrogen-bond donors (Lipinski definition) is 1. The molecule has 12 heavy (non-hydrogen) atoms. The molecule has 1 saturated heterocycles. The van der Waals surface area contributed by atoms with Crippen LogP contribution in [0.1, 0.15) is 13.8 Å². The maximum absolute atomic E-state index is 12.0. The molecule has 0 aromatic heterocycles. The molecular formula is C8H16F2N2. The van der Waals surface area contributed by atoms with E-state index in [4.69, 9.17) is 0 Å². The highest BCUT2D eigenvalue weighted by Crippen LogP contribution is 2.11. The minimum Gasteiger partial charge on any atom is -0.309 e. The van der Waals surface area contributed by atoms with Crippen LogP contribution in [0.3, 0.4) is 0 Å². The first-order valence-corrected chi connectivity index (χ1v) is 4.25. The van der Waals surface area contributed by atoms with Gasteiger partial charge < -0.3 is 5.32 Å². The lowest BCUT2D eigenvalue weighted by atomic mass is 10.0. The largest absolute Gasteiger partial charge is 0.309 e. The molecule has 2 nitrogen and oxygen atoms in total. The number of piperazine rings is 1. The zero-order valence-corrected chi connectivity index (χ0v) is 7.61. The third-order valence-corrected chi connectivity index (χ3v) is 2.05. The Hall–Kier alpha value is -0.220. The highest BCUT2D eigenvalue weighted by atomic mass is 19.3. The fraction of sp³-hybridized carbons (Fsp3) is 1.00. The van der Waals surface area contributed by atoms with E-state index in [1.54, 1.807) is 4.90 Å². The Labute approximate surface area is 71.9 Å². The van der Waals surface area contributed by atoms with Crippen LogP contribution in [0.15, 0.2) is 0 Å². The molecule has 1 rings (SSSR count). The Morgan fingerprint density at radius 1 is 1.50 bits per heavy atom. The third-order valence-electron chi connectivity index (χ3n) is 2.05. The molecular weight excluding hydrogens is 162 g/mol. The van der Waals surface area contributed by atoms with E-state index in [1.807, 2.05) is 13.8 Å². The summed E-state index contributed by atoms with van der Waals surface area (Å²) in [7, 11) is 0. The zero-order valence-electron chi connectivity index (χ0n) is 7.61. The molecule has 0 spiro atoms. The summed E-state index contributed by atoms with van der Waals surface area (Å²) in [5, 5.41) is 3.28. The minimum absolute atomic E-state index is 0.0207. The average molecular weight is 178 g/mol. The lowest BCUT2D eigenvalue weighted by Crippen LogP contribution is -2.57. The SMILES string of the molecule is CC1(C)CN(CC(F)F)CCN1. The van der Waals surface area contributed by atoms with Crippen molar-refractivity contribution in [3.63, 3.8) is 0 Å². The molecule has 1 aliphatic heterocycles. The van der Waals surface area contributed by atoms with Crippen LogP contribution in [0.25, 0.3) is 0 Å². The molecule has 0 aliphatic carbocycles. The number of halogens is 2. The average Bonchev–Trinajstić information content (AvgIpc) is 1.82. The summed E-state index contributed by atoms with van der Waals surface area (Å²) in [6, 6.07) is 0. The predicted molar refractivity (Wildman–Crippen MR) is 44.5 cm³/mol. The summed E-state index contributed by atoms with van der Waals surface area (Å²) >= 11 is 0. The third kappa shape index (κ3) is 3.03. The van der Waals surface area contributed by atoms with Gasteiger partial charge in [0.1, 0.15) is 0 Å². The molecule has 0 bridgehead atoms. The van der Waals surface area contributed by atoms with Crippen LogP contribution in [0, 0.1) is 0 Å². The number of alkyl halides is 2. The minimum atomic E-state index is -2.21. The van der Waals surface area contributed by atoms with Gasteiger partial charge in [-0.1, -0.05) is 0 Å². The van der Waals surface area contributed by atoms with Gasteiger partial charge in [-0.25, -0.2) is 8.78 Å². The van der Waals surface area contributed by atoms with Crippen LogP contribution in [0.2, 0.25) is 0 Å². The first kappa shape index (κ1) is 9.86. The molecule has 0 radical (unpaired) electrons. The molecule has 1 fully saturated rings. The summed E-state index contributed by atoms with van der Waals surface area (Å²) in [4.78, 5) is 1.81. The number of hydrogen-bond acceptors (Lipinski definition) is 2. The van der Waals surface area contributed by atoms with Crippen LogP contribution in [-0.2, 0) is 0 Å². The summed E-state index contributed by atoms with van der Waals surface area (Å²) < 4.78 is 24.0. The quantitative estimate of drug-likeness (QED) is 0.677. The van der Waals surface area contributed by atoms with Gasteiger partial charge >= 0.3 is 0 Å². The maximum Gasteiger partial charge on any atom is 0.251 e. The van der Waals surface area contributed by atoms with Crippen LogP contribution < -0.4 is 5.32 Å². The Bertz CT molecular complexity index is 148. The second-order valence-electron chi connectivity index (χ2n) is 3.94. The summed E-state index contributed by atoms with van der Waals surface area (Å²) in [6.45, 7) is 6.21. The van der Waals surface area contributed by atoms with Gasteiger partial charge in [0.2, 0.25) is 0 Å². The Morgan fingerprint density at radius 3 is 2.67 bits per heavy atom. The van der Waals surface area contributed by atoms with Gasteiger partial charge in [-0.3, -0.25) is 4.90 Å². The van der Waals surface area contributed by atoms with Crippen molar-refractivity contribution in [1.82, 2.24) is 10.2 Å².